The van der Waals surface area contributed by atoms with Crippen LogP contribution in [-0.2, 0) is 27.7 Å². The minimum atomic E-state index is -3.82. The zero-order valence-corrected chi connectivity index (χ0v) is 19.5. The van der Waals surface area contributed by atoms with Gasteiger partial charge in [0.1, 0.15) is 15.3 Å². The number of rotatable bonds is 5. The van der Waals surface area contributed by atoms with E-state index in [1.54, 1.807) is 0 Å². The second-order valence-electron chi connectivity index (χ2n) is 7.74. The average molecular weight is 488 g/mol. The van der Waals surface area contributed by atoms with Crippen molar-refractivity contribution in [3.63, 3.8) is 0 Å². The first-order chi connectivity index (χ1) is 14.2. The quantitative estimate of drug-likeness (QED) is 0.672. The smallest absolute Gasteiger partial charge is 0.253 e. The Balaban J connectivity index is 1.60. The van der Waals surface area contributed by atoms with Crippen LogP contribution >= 0.6 is 34.3 Å². The fourth-order valence-electron chi connectivity index (χ4n) is 4.14. The molecule has 2 aromatic heterocycles. The van der Waals surface area contributed by atoms with Crippen LogP contribution in [0.15, 0.2) is 16.3 Å². The number of thiophene rings is 2. The third-order valence-electron chi connectivity index (χ3n) is 5.61. The van der Waals surface area contributed by atoms with Crippen LogP contribution in [0, 0.1) is 5.92 Å². The summed E-state index contributed by atoms with van der Waals surface area (Å²) in [4.78, 5) is 26.3. The van der Waals surface area contributed by atoms with E-state index in [9.17, 15) is 18.0 Å². The fourth-order valence-corrected chi connectivity index (χ4v) is 8.82. The summed E-state index contributed by atoms with van der Waals surface area (Å²) in [6.45, 7) is 2.42. The monoisotopic (exact) mass is 487 g/mol. The van der Waals surface area contributed by atoms with Crippen molar-refractivity contribution in [3.8, 4) is 0 Å². The van der Waals surface area contributed by atoms with Crippen molar-refractivity contribution < 1.29 is 18.0 Å². The second kappa shape index (κ2) is 8.23. The molecule has 1 fully saturated rings. The Labute approximate surface area is 188 Å². The predicted octanol–water partition coefficient (Wildman–Crippen LogP) is 3.48. The molecular formula is C19H22ClN3O4S3. The molecule has 162 valence electrons. The highest BCUT2D eigenvalue weighted by Crippen LogP contribution is 2.40. The van der Waals surface area contributed by atoms with Gasteiger partial charge in [-0.15, -0.1) is 22.7 Å². The van der Waals surface area contributed by atoms with Crippen LogP contribution in [0.3, 0.4) is 0 Å². The van der Waals surface area contributed by atoms with Gasteiger partial charge in [-0.1, -0.05) is 18.5 Å². The summed E-state index contributed by atoms with van der Waals surface area (Å²) in [7, 11) is -3.82. The zero-order chi connectivity index (χ0) is 21.6. The van der Waals surface area contributed by atoms with Crippen molar-refractivity contribution in [1.29, 1.82) is 0 Å². The molecule has 7 nitrogen and oxygen atoms in total. The number of halogens is 1. The van der Waals surface area contributed by atoms with E-state index in [0.29, 0.717) is 33.7 Å². The Morgan fingerprint density at radius 3 is 2.70 bits per heavy atom. The van der Waals surface area contributed by atoms with Gasteiger partial charge in [0.2, 0.25) is 5.91 Å². The van der Waals surface area contributed by atoms with Crippen LogP contribution in [-0.4, -0.2) is 37.1 Å². The maximum absolute atomic E-state index is 13.1. The van der Waals surface area contributed by atoms with Gasteiger partial charge in [-0.25, -0.2) is 8.42 Å². The van der Waals surface area contributed by atoms with Crippen LogP contribution in [0.2, 0.25) is 4.34 Å². The Bertz CT molecular complexity index is 1110. The standard InChI is InChI=1S/C19H22ClN3O4S3/c1-10-4-5-11-13(9-10)28-19(16(11)17(21)24)22-18(25)12-3-2-8-23(12)30(26,27)15-7-6-14(20)29-15/h6-7,10,12H,2-5,8-9H2,1H3,(H2,21,24)(H,22,25)/t10-,12+/m1/s1. The number of amides is 2. The summed E-state index contributed by atoms with van der Waals surface area (Å²) in [6, 6.07) is 2.14. The molecule has 3 heterocycles. The molecule has 0 spiro atoms. The molecule has 0 bridgehead atoms. The highest BCUT2D eigenvalue weighted by Gasteiger charge is 2.40. The molecule has 0 unspecified atom stereocenters. The Kier molecular flexibility index (Phi) is 5.97. The summed E-state index contributed by atoms with van der Waals surface area (Å²) >= 11 is 8.24. The molecule has 1 aliphatic heterocycles. The first-order valence-corrected chi connectivity index (χ1v) is 13.2. The molecule has 2 aliphatic rings. The number of hydrogen-bond donors (Lipinski definition) is 2. The molecule has 2 amide bonds. The number of hydrogen-bond acceptors (Lipinski definition) is 6. The van der Waals surface area contributed by atoms with E-state index < -0.39 is 27.9 Å². The molecule has 0 saturated carbocycles. The van der Waals surface area contributed by atoms with Crippen LogP contribution in [0.25, 0.3) is 0 Å². The lowest BCUT2D eigenvalue weighted by Gasteiger charge is -2.22. The molecule has 0 aromatic carbocycles. The Morgan fingerprint density at radius 1 is 1.27 bits per heavy atom. The van der Waals surface area contributed by atoms with E-state index in [1.807, 2.05) is 0 Å². The summed E-state index contributed by atoms with van der Waals surface area (Å²) in [5, 5.41) is 3.24. The molecule has 11 heteroatoms. The lowest BCUT2D eigenvalue weighted by atomic mass is 9.88. The van der Waals surface area contributed by atoms with Crippen molar-refractivity contribution in [3.05, 3.63) is 32.5 Å². The molecule has 30 heavy (non-hydrogen) atoms. The van der Waals surface area contributed by atoms with Gasteiger partial charge < -0.3 is 11.1 Å². The lowest BCUT2D eigenvalue weighted by Crippen LogP contribution is -2.43. The molecule has 1 aliphatic carbocycles. The van der Waals surface area contributed by atoms with Gasteiger partial charge in [0.05, 0.1) is 9.90 Å². The average Bonchev–Trinajstić information content (AvgIpc) is 3.38. The Morgan fingerprint density at radius 2 is 2.03 bits per heavy atom. The summed E-state index contributed by atoms with van der Waals surface area (Å²) in [6.07, 6.45) is 3.56. The molecule has 2 atom stereocenters. The van der Waals surface area contributed by atoms with E-state index in [2.05, 4.69) is 12.2 Å². The highest BCUT2D eigenvalue weighted by molar-refractivity contribution is 7.91. The number of nitrogens with two attached hydrogens (primary N) is 1. The van der Waals surface area contributed by atoms with Crippen molar-refractivity contribution in [2.75, 3.05) is 11.9 Å². The van der Waals surface area contributed by atoms with Crippen LogP contribution < -0.4 is 11.1 Å². The highest BCUT2D eigenvalue weighted by atomic mass is 35.5. The first kappa shape index (κ1) is 21.8. The topological polar surface area (TPSA) is 110 Å². The summed E-state index contributed by atoms with van der Waals surface area (Å²) in [5.74, 6) is -0.497. The maximum atomic E-state index is 13.1. The summed E-state index contributed by atoms with van der Waals surface area (Å²) < 4.78 is 27.7. The van der Waals surface area contributed by atoms with Crippen molar-refractivity contribution in [2.24, 2.45) is 11.7 Å². The zero-order valence-electron chi connectivity index (χ0n) is 16.3. The van der Waals surface area contributed by atoms with E-state index in [0.717, 1.165) is 41.0 Å². The van der Waals surface area contributed by atoms with Gasteiger partial charge in [0.15, 0.2) is 0 Å². The van der Waals surface area contributed by atoms with Crippen LogP contribution in [0.1, 0.15) is 47.0 Å². The summed E-state index contributed by atoms with van der Waals surface area (Å²) in [5.41, 5.74) is 6.91. The van der Waals surface area contributed by atoms with Gasteiger partial charge in [0, 0.05) is 11.4 Å². The van der Waals surface area contributed by atoms with Crippen LogP contribution in [0.5, 0.6) is 0 Å². The number of nitrogens with one attached hydrogen (secondary N) is 1. The molecule has 4 rings (SSSR count). The maximum Gasteiger partial charge on any atom is 0.253 e. The number of carbonyl (C=O) groups is 2. The van der Waals surface area contributed by atoms with E-state index >= 15 is 0 Å². The van der Waals surface area contributed by atoms with Crippen LogP contribution in [0.4, 0.5) is 5.00 Å². The number of fused-ring (bicyclic) bond motifs is 1. The van der Waals surface area contributed by atoms with Gasteiger partial charge in [-0.3, -0.25) is 9.59 Å². The lowest BCUT2D eigenvalue weighted by molar-refractivity contribution is -0.119. The largest absolute Gasteiger partial charge is 0.365 e. The second-order valence-corrected chi connectivity index (χ2v) is 12.7. The van der Waals surface area contributed by atoms with E-state index in [1.165, 1.54) is 27.8 Å². The third-order valence-corrected chi connectivity index (χ3v) is 10.4. The predicted molar refractivity (Wildman–Crippen MR) is 119 cm³/mol. The minimum Gasteiger partial charge on any atom is -0.365 e. The van der Waals surface area contributed by atoms with Gasteiger partial charge >= 0.3 is 0 Å². The number of anilines is 1. The van der Waals surface area contributed by atoms with Gasteiger partial charge in [-0.2, -0.15) is 4.31 Å². The van der Waals surface area contributed by atoms with Crippen molar-refractivity contribution in [2.45, 2.75) is 49.3 Å². The number of carbonyl (C=O) groups excluding carboxylic acids is 2. The number of sulfonamides is 1. The van der Waals surface area contributed by atoms with Gasteiger partial charge in [0.25, 0.3) is 15.9 Å². The van der Waals surface area contributed by atoms with Gasteiger partial charge in [-0.05, 0) is 55.7 Å². The first-order valence-electron chi connectivity index (χ1n) is 9.71. The molecule has 1 saturated heterocycles. The molecule has 2 aromatic rings. The van der Waals surface area contributed by atoms with E-state index in [-0.39, 0.29) is 10.8 Å². The SMILES string of the molecule is C[C@@H]1CCc2c(sc(NC(=O)[C@@H]3CCCN3S(=O)(=O)c3ccc(Cl)s3)c2C(N)=O)C1. The molecule has 0 radical (unpaired) electrons. The number of nitrogens with zero attached hydrogens (tertiary/aromatic N) is 1. The molecular weight excluding hydrogens is 466 g/mol. The number of primary amides is 1. The normalized spacial score (nSPS) is 22.1. The third kappa shape index (κ3) is 3.91. The van der Waals surface area contributed by atoms with Crippen molar-refractivity contribution in [1.82, 2.24) is 4.31 Å². The fraction of sp³-hybridized carbons (Fsp3) is 0.474. The minimum absolute atomic E-state index is 0.116. The Hall–Kier alpha value is -1.46. The molecule has 3 N–H and O–H groups in total. The van der Waals surface area contributed by atoms with E-state index in [4.69, 9.17) is 17.3 Å². The van der Waals surface area contributed by atoms with Crippen molar-refractivity contribution >= 4 is 61.1 Å².